The van der Waals surface area contributed by atoms with Gasteiger partial charge in [0.2, 0.25) is 5.91 Å². The standard InChI is InChI=1S/C15H22N2O3/c1-2-3-4-13(16)14(18)17-10-9-11-5-7-12(8-6-11)15(19)20/h5-8,13H,2-4,9-10,16H2,1H3,(H,17,18)(H,19,20). The first-order chi connectivity index (χ1) is 9.54. The van der Waals surface area contributed by atoms with Gasteiger partial charge in [0.1, 0.15) is 0 Å². The Kier molecular flexibility index (Phi) is 6.73. The van der Waals surface area contributed by atoms with Crippen LogP contribution in [0.5, 0.6) is 0 Å². The van der Waals surface area contributed by atoms with Gasteiger partial charge in [-0.2, -0.15) is 0 Å². The summed E-state index contributed by atoms with van der Waals surface area (Å²) in [5, 5.41) is 11.6. The van der Waals surface area contributed by atoms with Crippen LogP contribution in [0.1, 0.15) is 42.1 Å². The average molecular weight is 278 g/mol. The normalized spacial score (nSPS) is 11.9. The Balaban J connectivity index is 2.33. The lowest BCUT2D eigenvalue weighted by Gasteiger charge is -2.11. The number of carboxylic acids is 1. The average Bonchev–Trinajstić information content (AvgIpc) is 2.45. The number of hydrogen-bond acceptors (Lipinski definition) is 3. The molecule has 0 fully saturated rings. The van der Waals surface area contributed by atoms with E-state index in [9.17, 15) is 9.59 Å². The van der Waals surface area contributed by atoms with Gasteiger partial charge in [-0.3, -0.25) is 4.79 Å². The van der Waals surface area contributed by atoms with Crippen LogP contribution in [0.2, 0.25) is 0 Å². The smallest absolute Gasteiger partial charge is 0.335 e. The summed E-state index contributed by atoms with van der Waals surface area (Å²) in [6.07, 6.45) is 3.34. The first-order valence-corrected chi connectivity index (χ1v) is 6.90. The Morgan fingerprint density at radius 3 is 2.50 bits per heavy atom. The Labute approximate surface area is 119 Å². The molecule has 0 saturated carbocycles. The summed E-state index contributed by atoms with van der Waals surface area (Å²) in [6.45, 7) is 2.57. The number of hydrogen-bond donors (Lipinski definition) is 3. The third-order valence-electron chi connectivity index (χ3n) is 3.12. The molecule has 0 heterocycles. The number of carboxylic acid groups (broad SMARTS) is 1. The molecule has 5 nitrogen and oxygen atoms in total. The van der Waals surface area contributed by atoms with Crippen LogP contribution in [0, 0.1) is 0 Å². The van der Waals surface area contributed by atoms with Crippen molar-refractivity contribution in [2.24, 2.45) is 5.73 Å². The molecule has 0 aliphatic rings. The van der Waals surface area contributed by atoms with Crippen LogP contribution in [-0.4, -0.2) is 29.6 Å². The zero-order valence-electron chi connectivity index (χ0n) is 11.8. The minimum atomic E-state index is -0.938. The Hall–Kier alpha value is -1.88. The molecule has 0 aliphatic heterocycles. The van der Waals surface area contributed by atoms with Crippen LogP contribution in [0.15, 0.2) is 24.3 Å². The molecular formula is C15H22N2O3. The molecule has 1 unspecified atom stereocenters. The zero-order chi connectivity index (χ0) is 15.0. The molecule has 5 heteroatoms. The molecule has 20 heavy (non-hydrogen) atoms. The largest absolute Gasteiger partial charge is 0.478 e. The number of benzene rings is 1. The molecule has 1 rings (SSSR count). The minimum absolute atomic E-state index is 0.124. The molecular weight excluding hydrogens is 256 g/mol. The van der Waals surface area contributed by atoms with E-state index in [2.05, 4.69) is 12.2 Å². The summed E-state index contributed by atoms with van der Waals surface area (Å²) in [6, 6.07) is 6.20. The summed E-state index contributed by atoms with van der Waals surface area (Å²) in [7, 11) is 0. The van der Waals surface area contributed by atoms with Gasteiger partial charge >= 0.3 is 5.97 Å². The predicted molar refractivity (Wildman–Crippen MR) is 77.6 cm³/mol. The second-order valence-corrected chi connectivity index (χ2v) is 4.79. The highest BCUT2D eigenvalue weighted by atomic mass is 16.4. The highest BCUT2D eigenvalue weighted by Gasteiger charge is 2.11. The van der Waals surface area contributed by atoms with E-state index >= 15 is 0 Å². The maximum atomic E-state index is 11.7. The van der Waals surface area contributed by atoms with Crippen LogP contribution in [0.25, 0.3) is 0 Å². The van der Waals surface area contributed by atoms with Crippen molar-refractivity contribution in [2.75, 3.05) is 6.54 Å². The van der Waals surface area contributed by atoms with Gasteiger partial charge in [-0.25, -0.2) is 4.79 Å². The summed E-state index contributed by atoms with van der Waals surface area (Å²) in [4.78, 5) is 22.4. The lowest BCUT2D eigenvalue weighted by Crippen LogP contribution is -2.41. The van der Waals surface area contributed by atoms with E-state index in [4.69, 9.17) is 10.8 Å². The van der Waals surface area contributed by atoms with Crippen molar-refractivity contribution < 1.29 is 14.7 Å². The summed E-state index contributed by atoms with van der Waals surface area (Å²) in [5.41, 5.74) is 7.01. The maximum absolute atomic E-state index is 11.7. The number of nitrogens with one attached hydrogen (secondary N) is 1. The van der Waals surface area contributed by atoms with E-state index in [-0.39, 0.29) is 11.5 Å². The molecule has 0 aromatic heterocycles. The van der Waals surface area contributed by atoms with E-state index in [0.29, 0.717) is 19.4 Å². The molecule has 110 valence electrons. The zero-order valence-corrected chi connectivity index (χ0v) is 11.8. The Morgan fingerprint density at radius 2 is 1.95 bits per heavy atom. The summed E-state index contributed by atoms with van der Waals surface area (Å²) in [5.74, 6) is -1.06. The number of nitrogens with two attached hydrogens (primary N) is 1. The fraction of sp³-hybridized carbons (Fsp3) is 0.467. The van der Waals surface area contributed by atoms with Gasteiger partial charge in [0.05, 0.1) is 11.6 Å². The summed E-state index contributed by atoms with van der Waals surface area (Å²) >= 11 is 0. The van der Waals surface area contributed by atoms with Crippen molar-refractivity contribution in [3.63, 3.8) is 0 Å². The Bertz CT molecular complexity index is 443. The highest BCUT2D eigenvalue weighted by Crippen LogP contribution is 2.05. The highest BCUT2D eigenvalue weighted by molar-refractivity contribution is 5.87. The van der Waals surface area contributed by atoms with Crippen LogP contribution < -0.4 is 11.1 Å². The SMILES string of the molecule is CCCCC(N)C(=O)NCCc1ccc(C(=O)O)cc1. The fourth-order valence-corrected chi connectivity index (χ4v) is 1.83. The third-order valence-corrected chi connectivity index (χ3v) is 3.12. The van der Waals surface area contributed by atoms with Crippen LogP contribution in [0.4, 0.5) is 0 Å². The maximum Gasteiger partial charge on any atom is 0.335 e. The van der Waals surface area contributed by atoms with Crippen molar-refractivity contribution in [1.82, 2.24) is 5.32 Å². The Morgan fingerprint density at radius 1 is 1.30 bits per heavy atom. The third kappa shape index (κ3) is 5.40. The van der Waals surface area contributed by atoms with Gasteiger partial charge < -0.3 is 16.2 Å². The van der Waals surface area contributed by atoms with Gasteiger partial charge in [-0.05, 0) is 30.5 Å². The van der Waals surface area contributed by atoms with Gasteiger partial charge in [-0.1, -0.05) is 31.9 Å². The van der Waals surface area contributed by atoms with E-state index in [1.165, 1.54) is 0 Å². The number of aromatic carboxylic acids is 1. The van der Waals surface area contributed by atoms with Crippen molar-refractivity contribution in [2.45, 2.75) is 38.6 Å². The van der Waals surface area contributed by atoms with Crippen LogP contribution >= 0.6 is 0 Å². The molecule has 0 saturated heterocycles. The second-order valence-electron chi connectivity index (χ2n) is 4.79. The number of carbonyl (C=O) groups excluding carboxylic acids is 1. The van der Waals surface area contributed by atoms with E-state index < -0.39 is 12.0 Å². The molecule has 4 N–H and O–H groups in total. The van der Waals surface area contributed by atoms with E-state index in [1.807, 2.05) is 0 Å². The van der Waals surface area contributed by atoms with E-state index in [0.717, 1.165) is 18.4 Å². The first kappa shape index (κ1) is 16.2. The molecule has 1 aromatic carbocycles. The van der Waals surface area contributed by atoms with Crippen molar-refractivity contribution in [3.8, 4) is 0 Å². The lowest BCUT2D eigenvalue weighted by atomic mass is 10.1. The monoisotopic (exact) mass is 278 g/mol. The number of unbranched alkanes of at least 4 members (excludes halogenated alkanes) is 1. The first-order valence-electron chi connectivity index (χ1n) is 6.90. The second kappa shape index (κ2) is 8.32. The fourth-order valence-electron chi connectivity index (χ4n) is 1.83. The molecule has 1 atom stereocenters. The molecule has 0 bridgehead atoms. The van der Waals surface area contributed by atoms with Crippen molar-refractivity contribution >= 4 is 11.9 Å². The van der Waals surface area contributed by atoms with Crippen LogP contribution in [0.3, 0.4) is 0 Å². The molecule has 1 amide bonds. The summed E-state index contributed by atoms with van der Waals surface area (Å²) < 4.78 is 0. The molecule has 0 spiro atoms. The minimum Gasteiger partial charge on any atom is -0.478 e. The molecule has 0 radical (unpaired) electrons. The molecule has 0 aliphatic carbocycles. The lowest BCUT2D eigenvalue weighted by molar-refractivity contribution is -0.122. The van der Waals surface area contributed by atoms with Crippen LogP contribution in [-0.2, 0) is 11.2 Å². The van der Waals surface area contributed by atoms with Gasteiger partial charge in [0.25, 0.3) is 0 Å². The van der Waals surface area contributed by atoms with Crippen molar-refractivity contribution in [3.05, 3.63) is 35.4 Å². The topological polar surface area (TPSA) is 92.4 Å². The van der Waals surface area contributed by atoms with E-state index in [1.54, 1.807) is 24.3 Å². The predicted octanol–water partition coefficient (Wildman–Crippen LogP) is 1.56. The van der Waals surface area contributed by atoms with Gasteiger partial charge in [0, 0.05) is 6.54 Å². The van der Waals surface area contributed by atoms with Gasteiger partial charge in [0.15, 0.2) is 0 Å². The number of carbonyl (C=O) groups is 2. The number of amides is 1. The van der Waals surface area contributed by atoms with Crippen molar-refractivity contribution in [1.29, 1.82) is 0 Å². The quantitative estimate of drug-likeness (QED) is 0.673. The number of rotatable bonds is 8. The molecule has 1 aromatic rings. The van der Waals surface area contributed by atoms with Gasteiger partial charge in [-0.15, -0.1) is 0 Å².